The van der Waals surface area contributed by atoms with Gasteiger partial charge in [0, 0.05) is 17.2 Å². The summed E-state index contributed by atoms with van der Waals surface area (Å²) < 4.78 is 10.6. The minimum absolute atomic E-state index is 0.112. The lowest BCUT2D eigenvalue weighted by atomic mass is 10.0. The lowest BCUT2D eigenvalue weighted by molar-refractivity contribution is 0.0734. The maximum atomic E-state index is 12.5. The molecule has 3 rings (SSSR count). The molecule has 0 unspecified atom stereocenters. The number of benzene rings is 3. The molecule has 0 fully saturated rings. The second kappa shape index (κ2) is 10.1. The maximum Gasteiger partial charge on any atom is 0.343 e. The fourth-order valence-electron chi connectivity index (χ4n) is 2.95. The van der Waals surface area contributed by atoms with Crippen molar-refractivity contribution in [2.45, 2.75) is 6.42 Å². The fraction of sp³-hybridized carbons (Fsp3) is 0.0769. The van der Waals surface area contributed by atoms with Crippen LogP contribution in [-0.4, -0.2) is 24.0 Å². The van der Waals surface area contributed by atoms with Crippen LogP contribution < -0.4 is 9.47 Å². The first-order chi connectivity index (χ1) is 15.0. The molecule has 0 aliphatic carbocycles. The number of phenolic OH excluding ortho intramolecular Hbond substituents is 1. The summed E-state index contributed by atoms with van der Waals surface area (Å²) in [6.07, 6.45) is 5.24. The van der Waals surface area contributed by atoms with Crippen LogP contribution in [0, 0.1) is 0 Å². The average molecular weight is 414 g/mol. The summed E-state index contributed by atoms with van der Waals surface area (Å²) >= 11 is 0. The van der Waals surface area contributed by atoms with Gasteiger partial charge in [0.2, 0.25) is 0 Å². The van der Waals surface area contributed by atoms with Gasteiger partial charge in [0.05, 0.1) is 12.7 Å². The molecule has 156 valence electrons. The molecule has 0 saturated heterocycles. The van der Waals surface area contributed by atoms with Crippen LogP contribution in [0.3, 0.4) is 0 Å². The summed E-state index contributed by atoms with van der Waals surface area (Å²) in [5.74, 6) is 0.234. The minimum atomic E-state index is -0.464. The molecule has 0 radical (unpaired) electrons. The Labute approximate surface area is 180 Å². The van der Waals surface area contributed by atoms with Crippen LogP contribution in [0.2, 0.25) is 0 Å². The van der Waals surface area contributed by atoms with Gasteiger partial charge in [-0.15, -0.1) is 6.58 Å². The molecule has 5 heteroatoms. The van der Waals surface area contributed by atoms with Crippen molar-refractivity contribution in [1.29, 1.82) is 0 Å². The average Bonchev–Trinajstić information content (AvgIpc) is 2.80. The smallest absolute Gasteiger partial charge is 0.343 e. The van der Waals surface area contributed by atoms with E-state index in [1.54, 1.807) is 66.7 Å². The van der Waals surface area contributed by atoms with Crippen LogP contribution in [0.4, 0.5) is 0 Å². The predicted octanol–water partition coefficient (Wildman–Crippen LogP) is 5.24. The zero-order chi connectivity index (χ0) is 22.2. The van der Waals surface area contributed by atoms with E-state index in [1.807, 2.05) is 6.07 Å². The third-order valence-electron chi connectivity index (χ3n) is 4.57. The first-order valence-electron chi connectivity index (χ1n) is 9.62. The number of aromatic hydroxyl groups is 1. The van der Waals surface area contributed by atoms with Gasteiger partial charge in [0.25, 0.3) is 0 Å². The molecule has 0 spiro atoms. The van der Waals surface area contributed by atoms with E-state index in [0.29, 0.717) is 40.2 Å². The van der Waals surface area contributed by atoms with Gasteiger partial charge in [-0.2, -0.15) is 0 Å². The third-order valence-corrected chi connectivity index (χ3v) is 4.57. The highest BCUT2D eigenvalue weighted by molar-refractivity contribution is 6.07. The van der Waals surface area contributed by atoms with Crippen molar-refractivity contribution in [3.05, 3.63) is 108 Å². The van der Waals surface area contributed by atoms with Gasteiger partial charge < -0.3 is 14.6 Å². The highest BCUT2D eigenvalue weighted by Gasteiger charge is 2.10. The number of carbonyl (C=O) groups excluding carboxylic acids is 2. The molecule has 5 nitrogen and oxygen atoms in total. The number of ether oxygens (including phenoxy) is 2. The van der Waals surface area contributed by atoms with Crippen LogP contribution in [-0.2, 0) is 6.42 Å². The summed E-state index contributed by atoms with van der Waals surface area (Å²) in [5, 5.41) is 10.0. The van der Waals surface area contributed by atoms with Crippen LogP contribution in [0.1, 0.15) is 31.8 Å². The lowest BCUT2D eigenvalue weighted by Crippen LogP contribution is -2.08. The number of allylic oxidation sites excluding steroid dienone is 2. The molecule has 0 amide bonds. The Morgan fingerprint density at radius 1 is 1.00 bits per heavy atom. The predicted molar refractivity (Wildman–Crippen MR) is 120 cm³/mol. The SMILES string of the molecule is C=CCc1cc(/C=C/C(=O)c2ccc(OC(=O)c3ccccc3)cc2)c(OC)cc1O. The van der Waals surface area contributed by atoms with Crippen LogP contribution in [0.25, 0.3) is 6.08 Å². The summed E-state index contributed by atoms with van der Waals surface area (Å²) in [5.41, 5.74) is 2.25. The van der Waals surface area contributed by atoms with E-state index in [2.05, 4.69) is 6.58 Å². The van der Waals surface area contributed by atoms with Crippen molar-refractivity contribution in [2.75, 3.05) is 7.11 Å². The Hall–Kier alpha value is -4.12. The maximum absolute atomic E-state index is 12.5. The van der Waals surface area contributed by atoms with Gasteiger partial charge >= 0.3 is 5.97 Å². The molecule has 0 aromatic heterocycles. The summed E-state index contributed by atoms with van der Waals surface area (Å²) in [6.45, 7) is 3.68. The topological polar surface area (TPSA) is 72.8 Å². The first kappa shape index (κ1) is 21.6. The van der Waals surface area contributed by atoms with E-state index >= 15 is 0 Å². The van der Waals surface area contributed by atoms with Crippen molar-refractivity contribution in [2.24, 2.45) is 0 Å². The lowest BCUT2D eigenvalue weighted by Gasteiger charge is -2.09. The Morgan fingerprint density at radius 3 is 2.35 bits per heavy atom. The monoisotopic (exact) mass is 414 g/mol. The van der Waals surface area contributed by atoms with E-state index in [9.17, 15) is 14.7 Å². The number of carbonyl (C=O) groups is 2. The van der Waals surface area contributed by atoms with Crippen molar-refractivity contribution in [1.82, 2.24) is 0 Å². The summed E-state index contributed by atoms with van der Waals surface area (Å²) in [7, 11) is 1.50. The highest BCUT2D eigenvalue weighted by Crippen LogP contribution is 2.30. The van der Waals surface area contributed by atoms with Crippen LogP contribution in [0.5, 0.6) is 17.2 Å². The molecule has 0 atom stereocenters. The molecular weight excluding hydrogens is 392 g/mol. The Balaban J connectivity index is 1.72. The molecule has 0 saturated carbocycles. The number of hydrogen-bond donors (Lipinski definition) is 1. The second-order valence-corrected chi connectivity index (χ2v) is 6.69. The highest BCUT2D eigenvalue weighted by atomic mass is 16.5. The fourth-order valence-corrected chi connectivity index (χ4v) is 2.95. The van der Waals surface area contributed by atoms with Crippen LogP contribution in [0.15, 0.2) is 85.5 Å². The number of phenols is 1. The zero-order valence-electron chi connectivity index (χ0n) is 17.1. The minimum Gasteiger partial charge on any atom is -0.508 e. The number of hydrogen-bond acceptors (Lipinski definition) is 5. The standard InChI is InChI=1S/C26H22O5/c1-3-7-20-16-21(25(30-2)17-24(20)28)12-15-23(27)18-10-13-22(14-11-18)31-26(29)19-8-5-4-6-9-19/h3-6,8-17,28H,1,7H2,2H3/b15-12+. The van der Waals surface area contributed by atoms with E-state index in [0.717, 1.165) is 0 Å². The Bertz CT molecular complexity index is 1110. The number of ketones is 1. The van der Waals surface area contributed by atoms with Gasteiger partial charge in [0.1, 0.15) is 17.2 Å². The van der Waals surface area contributed by atoms with Crippen molar-refractivity contribution < 1.29 is 24.2 Å². The molecule has 0 aliphatic rings. The van der Waals surface area contributed by atoms with E-state index < -0.39 is 5.97 Å². The molecule has 1 N–H and O–H groups in total. The van der Waals surface area contributed by atoms with Gasteiger partial charge in [0.15, 0.2) is 5.78 Å². The molecular formula is C26H22O5. The van der Waals surface area contributed by atoms with Crippen molar-refractivity contribution >= 4 is 17.8 Å². The Morgan fingerprint density at radius 2 is 1.71 bits per heavy atom. The van der Waals surface area contributed by atoms with E-state index in [-0.39, 0.29) is 11.5 Å². The Kier molecular flexibility index (Phi) is 7.01. The van der Waals surface area contributed by atoms with Crippen molar-refractivity contribution in [3.8, 4) is 17.2 Å². The first-order valence-corrected chi connectivity index (χ1v) is 9.62. The van der Waals surface area contributed by atoms with Gasteiger partial charge in [-0.1, -0.05) is 24.3 Å². The number of methoxy groups -OCH3 is 1. The van der Waals surface area contributed by atoms with Gasteiger partial charge in [-0.25, -0.2) is 4.79 Å². The van der Waals surface area contributed by atoms with E-state index in [4.69, 9.17) is 9.47 Å². The summed E-state index contributed by atoms with van der Waals surface area (Å²) in [6, 6.07) is 18.3. The number of esters is 1. The molecule has 3 aromatic rings. The normalized spacial score (nSPS) is 10.6. The number of rotatable bonds is 8. The molecule has 0 aliphatic heterocycles. The largest absolute Gasteiger partial charge is 0.508 e. The third kappa shape index (κ3) is 5.48. The molecule has 0 bridgehead atoms. The summed E-state index contributed by atoms with van der Waals surface area (Å²) in [4.78, 5) is 24.7. The quantitative estimate of drug-likeness (QED) is 0.179. The second-order valence-electron chi connectivity index (χ2n) is 6.69. The van der Waals surface area contributed by atoms with Gasteiger partial charge in [-0.3, -0.25) is 4.79 Å². The molecule has 31 heavy (non-hydrogen) atoms. The van der Waals surface area contributed by atoms with Gasteiger partial charge in [-0.05, 0) is 66.6 Å². The molecule has 0 heterocycles. The molecule has 3 aromatic carbocycles. The van der Waals surface area contributed by atoms with E-state index in [1.165, 1.54) is 19.3 Å². The van der Waals surface area contributed by atoms with Crippen molar-refractivity contribution in [3.63, 3.8) is 0 Å². The zero-order valence-corrected chi connectivity index (χ0v) is 17.1. The van der Waals surface area contributed by atoms with Crippen LogP contribution >= 0.6 is 0 Å².